The lowest BCUT2D eigenvalue weighted by atomic mass is 10.0. The molecule has 2 rings (SSSR count). The molecule has 21 heavy (non-hydrogen) atoms. The van der Waals surface area contributed by atoms with Gasteiger partial charge in [0.05, 0.1) is 4.99 Å². The van der Waals surface area contributed by atoms with Crippen molar-refractivity contribution in [2.75, 3.05) is 13.3 Å². The van der Waals surface area contributed by atoms with E-state index in [2.05, 4.69) is 0 Å². The zero-order valence-corrected chi connectivity index (χ0v) is 13.3. The maximum Gasteiger partial charge on any atom is 0.254 e. The Morgan fingerprint density at radius 1 is 1.33 bits per heavy atom. The summed E-state index contributed by atoms with van der Waals surface area (Å²) in [6.45, 7) is 6.63. The van der Waals surface area contributed by atoms with Crippen LogP contribution in [0.5, 0.6) is 11.5 Å². The Bertz CT molecular complexity index is 567. The standard InChI is InChI=1S/C15H20N2O3S/c1-15(2,3)17(7-6-13(16)21)14(18)10-4-5-11-12(8-10)20-9-19-11/h4-5,8H,6-7,9H2,1-3H3,(H2,16,21). The van der Waals surface area contributed by atoms with Crippen molar-refractivity contribution >= 4 is 23.1 Å². The van der Waals surface area contributed by atoms with Crippen molar-refractivity contribution in [2.24, 2.45) is 5.73 Å². The highest BCUT2D eigenvalue weighted by molar-refractivity contribution is 7.80. The Balaban J connectivity index is 2.23. The molecule has 0 unspecified atom stereocenters. The van der Waals surface area contributed by atoms with Crippen LogP contribution in [-0.4, -0.2) is 34.7 Å². The monoisotopic (exact) mass is 308 g/mol. The molecule has 0 radical (unpaired) electrons. The van der Waals surface area contributed by atoms with Crippen molar-refractivity contribution in [1.29, 1.82) is 0 Å². The molecule has 0 aromatic heterocycles. The van der Waals surface area contributed by atoms with E-state index >= 15 is 0 Å². The second kappa shape index (κ2) is 5.89. The molecule has 0 atom stereocenters. The maximum absolute atomic E-state index is 12.7. The summed E-state index contributed by atoms with van der Waals surface area (Å²) < 4.78 is 10.6. The molecule has 1 aromatic carbocycles. The van der Waals surface area contributed by atoms with Gasteiger partial charge in [-0.15, -0.1) is 0 Å². The molecule has 0 aliphatic carbocycles. The molecule has 2 N–H and O–H groups in total. The second-order valence-corrected chi connectivity index (χ2v) is 6.44. The molecule has 1 amide bonds. The fourth-order valence-electron chi connectivity index (χ4n) is 2.15. The average Bonchev–Trinajstić information content (AvgIpc) is 2.83. The van der Waals surface area contributed by atoms with E-state index in [1.54, 1.807) is 23.1 Å². The van der Waals surface area contributed by atoms with Gasteiger partial charge in [-0.25, -0.2) is 0 Å². The Kier molecular flexibility index (Phi) is 4.37. The minimum Gasteiger partial charge on any atom is -0.454 e. The molecule has 0 spiro atoms. The number of fused-ring (bicyclic) bond motifs is 1. The third-order valence-corrected chi connectivity index (χ3v) is 3.46. The van der Waals surface area contributed by atoms with Crippen molar-refractivity contribution in [2.45, 2.75) is 32.7 Å². The van der Waals surface area contributed by atoms with Crippen LogP contribution in [-0.2, 0) is 0 Å². The molecule has 0 fully saturated rings. The fourth-order valence-corrected chi connectivity index (χ4v) is 2.24. The van der Waals surface area contributed by atoms with Gasteiger partial charge in [0, 0.05) is 24.1 Å². The largest absolute Gasteiger partial charge is 0.454 e. The first kappa shape index (κ1) is 15.6. The number of amides is 1. The van der Waals surface area contributed by atoms with Gasteiger partial charge in [-0.3, -0.25) is 4.79 Å². The number of nitrogens with zero attached hydrogens (tertiary/aromatic N) is 1. The Morgan fingerprint density at radius 3 is 2.62 bits per heavy atom. The molecule has 114 valence electrons. The van der Waals surface area contributed by atoms with Crippen LogP contribution in [0.1, 0.15) is 37.6 Å². The van der Waals surface area contributed by atoms with E-state index in [1.165, 1.54) is 0 Å². The zero-order valence-electron chi connectivity index (χ0n) is 12.5. The van der Waals surface area contributed by atoms with Crippen LogP contribution in [0.25, 0.3) is 0 Å². The molecular weight excluding hydrogens is 288 g/mol. The second-order valence-electron chi connectivity index (χ2n) is 5.91. The molecule has 1 heterocycles. The SMILES string of the molecule is CC(C)(C)N(CCC(N)=S)C(=O)c1ccc2c(c1)OCO2. The highest BCUT2D eigenvalue weighted by atomic mass is 32.1. The number of hydrogen-bond donors (Lipinski definition) is 1. The van der Waals surface area contributed by atoms with Gasteiger partial charge < -0.3 is 20.1 Å². The van der Waals surface area contributed by atoms with Crippen LogP contribution in [0.2, 0.25) is 0 Å². The van der Waals surface area contributed by atoms with Crippen LogP contribution in [0.4, 0.5) is 0 Å². The number of hydrogen-bond acceptors (Lipinski definition) is 4. The summed E-state index contributed by atoms with van der Waals surface area (Å²) in [6, 6.07) is 5.21. The van der Waals surface area contributed by atoms with Gasteiger partial charge in [0.2, 0.25) is 6.79 Å². The number of thiocarbonyl (C=S) groups is 1. The normalized spacial score (nSPS) is 13.1. The fraction of sp³-hybridized carbons (Fsp3) is 0.467. The van der Waals surface area contributed by atoms with Crippen LogP contribution in [0.15, 0.2) is 18.2 Å². The lowest BCUT2D eigenvalue weighted by Gasteiger charge is -2.36. The number of carbonyl (C=O) groups excluding carboxylic acids is 1. The van der Waals surface area contributed by atoms with Crippen molar-refractivity contribution < 1.29 is 14.3 Å². The lowest BCUT2D eigenvalue weighted by molar-refractivity contribution is 0.0590. The van der Waals surface area contributed by atoms with E-state index in [0.717, 1.165) is 0 Å². The maximum atomic E-state index is 12.7. The van der Waals surface area contributed by atoms with Crippen molar-refractivity contribution in [3.05, 3.63) is 23.8 Å². The van der Waals surface area contributed by atoms with E-state index < -0.39 is 0 Å². The predicted molar refractivity (Wildman–Crippen MR) is 84.8 cm³/mol. The summed E-state index contributed by atoms with van der Waals surface area (Å²) in [6.07, 6.45) is 0.503. The number of carbonyl (C=O) groups is 1. The van der Waals surface area contributed by atoms with Crippen LogP contribution in [0, 0.1) is 0 Å². The molecule has 0 saturated carbocycles. The summed E-state index contributed by atoms with van der Waals surface area (Å²) in [7, 11) is 0. The minimum absolute atomic E-state index is 0.0722. The Labute approximate surface area is 130 Å². The van der Waals surface area contributed by atoms with Gasteiger partial charge in [0.15, 0.2) is 11.5 Å². The molecule has 5 nitrogen and oxygen atoms in total. The first-order valence-electron chi connectivity index (χ1n) is 6.79. The van der Waals surface area contributed by atoms with E-state index in [1.807, 2.05) is 20.8 Å². The van der Waals surface area contributed by atoms with E-state index in [-0.39, 0.29) is 18.2 Å². The van der Waals surface area contributed by atoms with Crippen LogP contribution in [0.3, 0.4) is 0 Å². The highest BCUT2D eigenvalue weighted by Crippen LogP contribution is 2.33. The summed E-state index contributed by atoms with van der Waals surface area (Å²) >= 11 is 4.91. The Morgan fingerprint density at radius 2 is 2.00 bits per heavy atom. The summed E-state index contributed by atoms with van der Waals surface area (Å²) in [5.41, 5.74) is 5.80. The third kappa shape index (κ3) is 3.64. The molecule has 0 bridgehead atoms. The minimum atomic E-state index is -0.321. The van der Waals surface area contributed by atoms with Gasteiger partial charge in [-0.05, 0) is 39.0 Å². The number of ether oxygens (including phenoxy) is 2. The average molecular weight is 308 g/mol. The smallest absolute Gasteiger partial charge is 0.254 e. The molecule has 1 aliphatic rings. The van der Waals surface area contributed by atoms with Crippen molar-refractivity contribution in [3.8, 4) is 11.5 Å². The van der Waals surface area contributed by atoms with Gasteiger partial charge in [-0.1, -0.05) is 12.2 Å². The lowest BCUT2D eigenvalue weighted by Crippen LogP contribution is -2.46. The quantitative estimate of drug-likeness (QED) is 0.865. The molecule has 1 aromatic rings. The zero-order chi connectivity index (χ0) is 15.6. The van der Waals surface area contributed by atoms with E-state index in [9.17, 15) is 4.79 Å². The third-order valence-electron chi connectivity index (χ3n) is 3.26. The number of rotatable bonds is 4. The Hall–Kier alpha value is -1.82. The molecule has 1 aliphatic heterocycles. The van der Waals surface area contributed by atoms with Gasteiger partial charge in [0.1, 0.15) is 0 Å². The topological polar surface area (TPSA) is 64.8 Å². The molecule has 0 saturated heterocycles. The number of benzene rings is 1. The first-order chi connectivity index (χ1) is 9.79. The molecule has 6 heteroatoms. The molecular formula is C15H20N2O3S. The van der Waals surface area contributed by atoms with Gasteiger partial charge >= 0.3 is 0 Å². The summed E-state index contributed by atoms with van der Waals surface area (Å²) in [5.74, 6) is 1.19. The number of nitrogens with two attached hydrogens (primary N) is 1. The van der Waals surface area contributed by atoms with Crippen LogP contribution >= 0.6 is 12.2 Å². The van der Waals surface area contributed by atoms with E-state index in [4.69, 9.17) is 27.4 Å². The van der Waals surface area contributed by atoms with Crippen LogP contribution < -0.4 is 15.2 Å². The van der Waals surface area contributed by atoms with Gasteiger partial charge in [-0.2, -0.15) is 0 Å². The van der Waals surface area contributed by atoms with Crippen molar-refractivity contribution in [3.63, 3.8) is 0 Å². The van der Waals surface area contributed by atoms with E-state index in [0.29, 0.717) is 35.0 Å². The summed E-state index contributed by atoms with van der Waals surface area (Å²) in [5, 5.41) is 0. The summed E-state index contributed by atoms with van der Waals surface area (Å²) in [4.78, 5) is 14.9. The first-order valence-corrected chi connectivity index (χ1v) is 7.20. The predicted octanol–water partition coefficient (Wildman–Crippen LogP) is 2.33. The van der Waals surface area contributed by atoms with Gasteiger partial charge in [0.25, 0.3) is 5.91 Å². The van der Waals surface area contributed by atoms with Crippen molar-refractivity contribution in [1.82, 2.24) is 4.90 Å². The highest BCUT2D eigenvalue weighted by Gasteiger charge is 2.28.